The number of hydrogen-bond donors (Lipinski definition) is 0. The first-order valence-electron chi connectivity index (χ1n) is 9.96. The van der Waals surface area contributed by atoms with Gasteiger partial charge in [-0.15, -0.1) is 13.2 Å². The maximum Gasteiger partial charge on any atom is 0.573 e. The van der Waals surface area contributed by atoms with E-state index in [-0.39, 0.29) is 17.1 Å². The molecule has 0 heterocycles. The molecule has 0 radical (unpaired) electrons. The lowest BCUT2D eigenvalue weighted by atomic mass is 10.1. The Kier molecular flexibility index (Phi) is 7.68. The third-order valence-corrected chi connectivity index (χ3v) is 6.33. The van der Waals surface area contributed by atoms with Crippen molar-refractivity contribution in [3.63, 3.8) is 0 Å². The molecule has 3 aromatic rings. The third kappa shape index (κ3) is 6.79. The van der Waals surface area contributed by atoms with E-state index in [4.69, 9.17) is 4.74 Å². The Balaban J connectivity index is 2.06. The first-order chi connectivity index (χ1) is 17.6. The van der Waals surface area contributed by atoms with Crippen LogP contribution in [0.1, 0.15) is 11.1 Å². The number of allylic oxidation sites excluding steroid dienone is 1. The van der Waals surface area contributed by atoms with Crippen molar-refractivity contribution in [3.05, 3.63) is 92.9 Å². The summed E-state index contributed by atoms with van der Waals surface area (Å²) in [5.41, 5.74) is -1.98. The molecule has 0 saturated heterocycles. The minimum absolute atomic E-state index is 0.327. The van der Waals surface area contributed by atoms with Crippen LogP contribution in [-0.2, 0) is 16.0 Å². The Morgan fingerprint density at radius 3 is 2.16 bits per heavy atom. The maximum atomic E-state index is 13.0. The first-order valence-corrected chi connectivity index (χ1v) is 11.4. The molecular formula is C23H12F6N2O6S. The van der Waals surface area contributed by atoms with Gasteiger partial charge in [0.15, 0.2) is 0 Å². The number of non-ortho nitro benzene ring substituents is 1. The van der Waals surface area contributed by atoms with Crippen molar-refractivity contribution in [1.82, 2.24) is 0 Å². The monoisotopic (exact) mass is 558 g/mol. The zero-order valence-corrected chi connectivity index (χ0v) is 19.3. The summed E-state index contributed by atoms with van der Waals surface area (Å²) in [6.45, 7) is 0. The molecule has 0 fully saturated rings. The number of ether oxygens (including phenoxy) is 2. The van der Waals surface area contributed by atoms with Gasteiger partial charge in [-0.1, -0.05) is 6.07 Å². The van der Waals surface area contributed by atoms with Crippen LogP contribution in [0.5, 0.6) is 17.2 Å². The Bertz CT molecular complexity index is 1540. The summed E-state index contributed by atoms with van der Waals surface area (Å²) >= 11 is 0. The molecule has 0 aliphatic heterocycles. The number of nitro benzene ring substituents is 1. The van der Waals surface area contributed by atoms with Gasteiger partial charge in [0, 0.05) is 17.7 Å². The summed E-state index contributed by atoms with van der Waals surface area (Å²) in [6.07, 6.45) is -9.05. The highest BCUT2D eigenvalue weighted by Gasteiger charge is 2.32. The van der Waals surface area contributed by atoms with Crippen LogP contribution in [0.4, 0.5) is 32.0 Å². The predicted molar refractivity (Wildman–Crippen MR) is 119 cm³/mol. The van der Waals surface area contributed by atoms with E-state index in [2.05, 4.69) is 4.74 Å². The summed E-state index contributed by atoms with van der Waals surface area (Å²) in [6, 6.07) is 10.7. The predicted octanol–water partition coefficient (Wildman–Crippen LogP) is 6.64. The molecule has 8 nitrogen and oxygen atoms in total. The van der Waals surface area contributed by atoms with Crippen molar-refractivity contribution in [2.75, 3.05) is 0 Å². The third-order valence-electron chi connectivity index (χ3n) is 4.65. The molecule has 0 amide bonds. The molecule has 0 atom stereocenters. The molecule has 0 bridgehead atoms. The van der Waals surface area contributed by atoms with Crippen molar-refractivity contribution >= 4 is 21.6 Å². The van der Waals surface area contributed by atoms with Gasteiger partial charge in [0.25, 0.3) is 5.69 Å². The zero-order chi connectivity index (χ0) is 28.3. The molecule has 3 aromatic carbocycles. The minimum Gasteiger partial charge on any atom is -0.457 e. The fraction of sp³-hybridized carbons (Fsp3) is 0.0870. The van der Waals surface area contributed by atoms with E-state index in [0.717, 1.165) is 48.5 Å². The van der Waals surface area contributed by atoms with Gasteiger partial charge >= 0.3 is 12.5 Å². The molecule has 0 aliphatic carbocycles. The van der Waals surface area contributed by atoms with Crippen molar-refractivity contribution in [2.45, 2.75) is 17.4 Å². The highest BCUT2D eigenvalue weighted by molar-refractivity contribution is 7.95. The molecule has 0 saturated carbocycles. The average Bonchev–Trinajstić information content (AvgIpc) is 2.82. The van der Waals surface area contributed by atoms with E-state index in [9.17, 15) is 50.1 Å². The molecule has 15 heteroatoms. The lowest BCUT2D eigenvalue weighted by Crippen LogP contribution is -2.17. The second-order valence-corrected chi connectivity index (χ2v) is 9.17. The highest BCUT2D eigenvalue weighted by Crippen LogP contribution is 2.36. The molecule has 3 rings (SSSR count). The van der Waals surface area contributed by atoms with Gasteiger partial charge in [-0.05, 0) is 54.6 Å². The largest absolute Gasteiger partial charge is 0.573 e. The van der Waals surface area contributed by atoms with Crippen LogP contribution >= 0.6 is 0 Å². The van der Waals surface area contributed by atoms with Crippen LogP contribution in [0.25, 0.3) is 6.08 Å². The normalized spacial score (nSPS) is 12.5. The van der Waals surface area contributed by atoms with Crippen LogP contribution in [-0.4, -0.2) is 19.7 Å². The van der Waals surface area contributed by atoms with Crippen LogP contribution in [0.2, 0.25) is 0 Å². The van der Waals surface area contributed by atoms with Crippen molar-refractivity contribution in [2.24, 2.45) is 0 Å². The Labute approximate surface area is 210 Å². The summed E-state index contributed by atoms with van der Waals surface area (Å²) in [4.78, 5) is 8.79. The van der Waals surface area contributed by atoms with Gasteiger partial charge < -0.3 is 9.47 Å². The standard InChI is InChI=1S/C23H12F6N2O6S/c24-22(25,26)15-2-1-3-18(12-15)36-21-9-4-16(31(32)33)10-14(21)11-20(13-30)38(34,35)19-7-5-17(6-8-19)37-23(27,28)29/h1-12H. The van der Waals surface area contributed by atoms with Gasteiger partial charge in [-0.25, -0.2) is 8.42 Å². The molecule has 38 heavy (non-hydrogen) atoms. The van der Waals surface area contributed by atoms with Crippen molar-refractivity contribution in [3.8, 4) is 23.3 Å². The van der Waals surface area contributed by atoms with E-state index >= 15 is 0 Å². The SMILES string of the molecule is N#CC(=Cc1cc([N+](=O)[O-])ccc1Oc1cccc(C(F)(F)F)c1)S(=O)(=O)c1ccc(OC(F)(F)F)cc1. The van der Waals surface area contributed by atoms with Crippen LogP contribution < -0.4 is 9.47 Å². The first kappa shape index (κ1) is 28.0. The molecule has 0 spiro atoms. The molecule has 0 aromatic heterocycles. The number of nitro groups is 1. The average molecular weight is 558 g/mol. The van der Waals surface area contributed by atoms with E-state index in [1.807, 2.05) is 0 Å². The van der Waals surface area contributed by atoms with E-state index < -0.39 is 54.1 Å². The second kappa shape index (κ2) is 10.4. The number of nitriles is 1. The Hall–Kier alpha value is -4.58. The lowest BCUT2D eigenvalue weighted by molar-refractivity contribution is -0.384. The maximum absolute atomic E-state index is 13.0. The smallest absolute Gasteiger partial charge is 0.457 e. The summed E-state index contributed by atoms with van der Waals surface area (Å²) in [7, 11) is -4.67. The number of halogens is 6. The highest BCUT2D eigenvalue weighted by atomic mass is 32.2. The zero-order valence-electron chi connectivity index (χ0n) is 18.4. The number of rotatable bonds is 7. The lowest BCUT2D eigenvalue weighted by Gasteiger charge is -2.12. The van der Waals surface area contributed by atoms with Crippen molar-refractivity contribution in [1.29, 1.82) is 5.26 Å². The summed E-state index contributed by atoms with van der Waals surface area (Å²) in [5.74, 6) is -1.40. The van der Waals surface area contributed by atoms with Gasteiger partial charge in [-0.3, -0.25) is 10.1 Å². The number of hydrogen-bond acceptors (Lipinski definition) is 7. The van der Waals surface area contributed by atoms with Crippen LogP contribution in [0.15, 0.2) is 76.5 Å². The van der Waals surface area contributed by atoms with Crippen LogP contribution in [0, 0.1) is 21.4 Å². The molecule has 198 valence electrons. The molecule has 0 unspecified atom stereocenters. The molecule has 0 N–H and O–H groups in total. The fourth-order valence-electron chi connectivity index (χ4n) is 2.98. The number of benzene rings is 3. The van der Waals surface area contributed by atoms with Crippen LogP contribution in [0.3, 0.4) is 0 Å². The van der Waals surface area contributed by atoms with Gasteiger partial charge in [0.2, 0.25) is 9.84 Å². The Morgan fingerprint density at radius 2 is 1.61 bits per heavy atom. The number of alkyl halides is 6. The number of nitrogens with zero attached hydrogens (tertiary/aromatic N) is 2. The summed E-state index contributed by atoms with van der Waals surface area (Å²) < 4.78 is 111. The van der Waals surface area contributed by atoms with Gasteiger partial charge in [-0.2, -0.15) is 18.4 Å². The number of sulfone groups is 1. The van der Waals surface area contributed by atoms with Gasteiger partial charge in [0.1, 0.15) is 28.2 Å². The molecular weight excluding hydrogens is 546 g/mol. The Morgan fingerprint density at radius 1 is 0.947 bits per heavy atom. The van der Waals surface area contributed by atoms with E-state index in [1.165, 1.54) is 6.07 Å². The van der Waals surface area contributed by atoms with Crippen molar-refractivity contribution < 1.29 is 49.2 Å². The quantitative estimate of drug-likeness (QED) is 0.138. The topological polar surface area (TPSA) is 120 Å². The minimum atomic E-state index is -5.03. The summed E-state index contributed by atoms with van der Waals surface area (Å²) in [5, 5.41) is 20.7. The molecule has 0 aliphatic rings. The van der Waals surface area contributed by atoms with E-state index in [0.29, 0.717) is 24.3 Å². The van der Waals surface area contributed by atoms with Gasteiger partial charge in [0.05, 0.1) is 15.4 Å². The fourth-order valence-corrected chi connectivity index (χ4v) is 4.13. The second-order valence-electron chi connectivity index (χ2n) is 7.25. The van der Waals surface area contributed by atoms with E-state index in [1.54, 1.807) is 0 Å².